The Morgan fingerprint density at radius 2 is 1.95 bits per heavy atom. The fraction of sp³-hybridized carbons (Fsp3) is 0.706. The molecule has 0 amide bonds. The Morgan fingerprint density at radius 1 is 1.19 bits per heavy atom. The number of rotatable bonds is 3. The fourth-order valence-electron chi connectivity index (χ4n) is 3.62. The van der Waals surface area contributed by atoms with E-state index < -0.39 is 0 Å². The molecule has 2 aliphatic heterocycles. The van der Waals surface area contributed by atoms with Crippen molar-refractivity contribution in [1.29, 1.82) is 0 Å². The molecular weight excluding hydrogens is 262 g/mol. The van der Waals surface area contributed by atoms with E-state index in [0.29, 0.717) is 12.1 Å². The van der Waals surface area contributed by atoms with Gasteiger partial charge in [0.25, 0.3) is 0 Å². The number of anilines is 1. The molecule has 0 aliphatic carbocycles. The van der Waals surface area contributed by atoms with Crippen LogP contribution in [0.2, 0.25) is 0 Å². The van der Waals surface area contributed by atoms with Gasteiger partial charge < -0.3 is 9.64 Å². The van der Waals surface area contributed by atoms with Gasteiger partial charge in [-0.25, -0.2) is 4.98 Å². The first kappa shape index (κ1) is 14.8. The van der Waals surface area contributed by atoms with Crippen LogP contribution in [0.15, 0.2) is 12.1 Å². The molecular formula is C17H27N3O. The van der Waals surface area contributed by atoms with E-state index in [1.807, 2.05) is 0 Å². The monoisotopic (exact) mass is 289 g/mol. The highest BCUT2D eigenvalue weighted by molar-refractivity contribution is 5.43. The summed E-state index contributed by atoms with van der Waals surface area (Å²) >= 11 is 0. The third-order valence-electron chi connectivity index (χ3n) is 4.76. The molecule has 1 aromatic heterocycles. The lowest BCUT2D eigenvalue weighted by Gasteiger charge is -2.31. The van der Waals surface area contributed by atoms with Crippen molar-refractivity contribution in [3.05, 3.63) is 23.4 Å². The first-order valence-electron chi connectivity index (χ1n) is 8.23. The molecule has 2 fully saturated rings. The van der Waals surface area contributed by atoms with Crippen molar-refractivity contribution in [2.24, 2.45) is 0 Å². The van der Waals surface area contributed by atoms with E-state index >= 15 is 0 Å². The van der Waals surface area contributed by atoms with Gasteiger partial charge in [0.1, 0.15) is 5.82 Å². The molecule has 3 rings (SSSR count). The van der Waals surface area contributed by atoms with Gasteiger partial charge in [0.15, 0.2) is 0 Å². The van der Waals surface area contributed by atoms with Gasteiger partial charge in [-0.1, -0.05) is 6.07 Å². The van der Waals surface area contributed by atoms with Crippen molar-refractivity contribution in [2.75, 3.05) is 37.7 Å². The van der Waals surface area contributed by atoms with Gasteiger partial charge in [-0.15, -0.1) is 0 Å². The van der Waals surface area contributed by atoms with Gasteiger partial charge in [-0.05, 0) is 51.8 Å². The third kappa shape index (κ3) is 3.06. The average Bonchev–Trinajstić information content (AvgIpc) is 2.97. The van der Waals surface area contributed by atoms with Gasteiger partial charge in [0.2, 0.25) is 0 Å². The summed E-state index contributed by atoms with van der Waals surface area (Å²) in [4.78, 5) is 9.82. The Morgan fingerprint density at radius 3 is 2.62 bits per heavy atom. The topological polar surface area (TPSA) is 28.6 Å². The van der Waals surface area contributed by atoms with Crippen LogP contribution in [-0.2, 0) is 4.74 Å². The number of aromatic nitrogens is 1. The molecule has 0 spiro atoms. The molecule has 0 N–H and O–H groups in total. The largest absolute Gasteiger partial charge is 0.378 e. The quantitative estimate of drug-likeness (QED) is 0.855. The lowest BCUT2D eigenvalue weighted by atomic mass is 10.0. The van der Waals surface area contributed by atoms with E-state index in [-0.39, 0.29) is 0 Å². The lowest BCUT2D eigenvalue weighted by Crippen LogP contribution is -2.37. The molecule has 2 saturated heterocycles. The fourth-order valence-corrected chi connectivity index (χ4v) is 3.62. The van der Waals surface area contributed by atoms with Crippen molar-refractivity contribution in [2.45, 2.75) is 45.7 Å². The second-order valence-electron chi connectivity index (χ2n) is 6.43. The molecule has 1 atom stereocenters. The molecule has 21 heavy (non-hydrogen) atoms. The SMILES string of the molecule is Cc1nc(N2CCOCC2)ccc1C1CCCN1C(C)C. The maximum atomic E-state index is 5.42. The van der Waals surface area contributed by atoms with Crippen molar-refractivity contribution in [1.82, 2.24) is 9.88 Å². The summed E-state index contributed by atoms with van der Waals surface area (Å²) in [6.45, 7) is 11.5. The number of hydrogen-bond acceptors (Lipinski definition) is 4. The second kappa shape index (κ2) is 6.32. The Labute approximate surface area is 128 Å². The van der Waals surface area contributed by atoms with Gasteiger partial charge in [-0.2, -0.15) is 0 Å². The first-order valence-corrected chi connectivity index (χ1v) is 8.23. The van der Waals surface area contributed by atoms with Crippen LogP contribution >= 0.6 is 0 Å². The van der Waals surface area contributed by atoms with Crippen LogP contribution in [-0.4, -0.2) is 48.8 Å². The first-order chi connectivity index (χ1) is 10.2. The van der Waals surface area contributed by atoms with E-state index in [1.54, 1.807) is 0 Å². The van der Waals surface area contributed by atoms with E-state index in [2.05, 4.69) is 42.7 Å². The summed E-state index contributed by atoms with van der Waals surface area (Å²) in [6, 6.07) is 5.66. The number of ether oxygens (including phenoxy) is 1. The van der Waals surface area contributed by atoms with Gasteiger partial charge in [-0.3, -0.25) is 4.90 Å². The number of likely N-dealkylation sites (tertiary alicyclic amines) is 1. The number of aryl methyl sites for hydroxylation is 1. The predicted octanol–water partition coefficient (Wildman–Crippen LogP) is 2.77. The molecule has 4 nitrogen and oxygen atoms in total. The standard InChI is InChI=1S/C17H27N3O/c1-13(2)20-8-4-5-16(20)15-6-7-17(18-14(15)3)19-9-11-21-12-10-19/h6-7,13,16H,4-5,8-12H2,1-3H3. The van der Waals surface area contributed by atoms with Crippen molar-refractivity contribution < 1.29 is 4.74 Å². The van der Waals surface area contributed by atoms with Crippen LogP contribution in [0.5, 0.6) is 0 Å². The Balaban J connectivity index is 1.80. The zero-order valence-corrected chi connectivity index (χ0v) is 13.5. The zero-order chi connectivity index (χ0) is 14.8. The van der Waals surface area contributed by atoms with E-state index in [4.69, 9.17) is 9.72 Å². The minimum Gasteiger partial charge on any atom is -0.378 e. The summed E-state index contributed by atoms with van der Waals surface area (Å²) in [6.07, 6.45) is 2.56. The highest BCUT2D eigenvalue weighted by Crippen LogP contribution is 2.35. The van der Waals surface area contributed by atoms with Gasteiger partial charge in [0, 0.05) is 30.9 Å². The van der Waals surface area contributed by atoms with Crippen LogP contribution in [0.1, 0.15) is 44.0 Å². The summed E-state index contributed by atoms with van der Waals surface area (Å²) in [5, 5.41) is 0. The van der Waals surface area contributed by atoms with Crippen LogP contribution in [0.4, 0.5) is 5.82 Å². The Kier molecular flexibility index (Phi) is 4.45. The summed E-state index contributed by atoms with van der Waals surface area (Å²) < 4.78 is 5.42. The van der Waals surface area contributed by atoms with Crippen LogP contribution in [0.25, 0.3) is 0 Å². The van der Waals surface area contributed by atoms with Crippen molar-refractivity contribution >= 4 is 5.82 Å². The smallest absolute Gasteiger partial charge is 0.128 e. The highest BCUT2D eigenvalue weighted by Gasteiger charge is 2.29. The van der Waals surface area contributed by atoms with Crippen LogP contribution in [0.3, 0.4) is 0 Å². The Hall–Kier alpha value is -1.13. The molecule has 0 saturated carbocycles. The van der Waals surface area contributed by atoms with Crippen molar-refractivity contribution in [3.8, 4) is 0 Å². The molecule has 0 bridgehead atoms. The molecule has 3 heterocycles. The van der Waals surface area contributed by atoms with E-state index in [1.165, 1.54) is 30.6 Å². The number of hydrogen-bond donors (Lipinski definition) is 0. The number of pyridine rings is 1. The number of nitrogens with zero attached hydrogens (tertiary/aromatic N) is 3. The van der Waals surface area contributed by atoms with Gasteiger partial charge in [0.05, 0.1) is 13.2 Å². The normalized spacial score (nSPS) is 24.0. The molecule has 0 aromatic carbocycles. The molecule has 1 aromatic rings. The summed E-state index contributed by atoms with van der Waals surface area (Å²) in [7, 11) is 0. The predicted molar refractivity (Wildman–Crippen MR) is 85.8 cm³/mol. The molecule has 1 unspecified atom stereocenters. The minimum absolute atomic E-state index is 0.552. The lowest BCUT2D eigenvalue weighted by molar-refractivity contribution is 0.122. The summed E-state index contributed by atoms with van der Waals surface area (Å²) in [5.74, 6) is 1.11. The third-order valence-corrected chi connectivity index (χ3v) is 4.76. The van der Waals surface area contributed by atoms with E-state index in [9.17, 15) is 0 Å². The van der Waals surface area contributed by atoms with Gasteiger partial charge >= 0.3 is 0 Å². The van der Waals surface area contributed by atoms with Crippen molar-refractivity contribution in [3.63, 3.8) is 0 Å². The number of morpholine rings is 1. The molecule has 4 heteroatoms. The molecule has 2 aliphatic rings. The molecule has 116 valence electrons. The molecule has 0 radical (unpaired) electrons. The zero-order valence-electron chi connectivity index (χ0n) is 13.5. The minimum atomic E-state index is 0.552. The highest BCUT2D eigenvalue weighted by atomic mass is 16.5. The second-order valence-corrected chi connectivity index (χ2v) is 6.43. The maximum Gasteiger partial charge on any atom is 0.128 e. The Bertz CT molecular complexity index is 483. The maximum absolute atomic E-state index is 5.42. The van der Waals surface area contributed by atoms with Crippen LogP contribution < -0.4 is 4.90 Å². The van der Waals surface area contributed by atoms with Crippen LogP contribution in [0, 0.1) is 6.92 Å². The van der Waals surface area contributed by atoms with E-state index in [0.717, 1.165) is 32.1 Å². The summed E-state index contributed by atoms with van der Waals surface area (Å²) in [5.41, 5.74) is 2.61. The average molecular weight is 289 g/mol.